The molecule has 0 saturated heterocycles. The van der Waals surface area contributed by atoms with Crippen molar-refractivity contribution in [2.24, 2.45) is 0 Å². The number of nitrogens with one attached hydrogen (secondary N) is 2. The lowest BCUT2D eigenvalue weighted by atomic mass is 10.2. The number of aliphatic hydroxyl groups is 1. The van der Waals surface area contributed by atoms with Crippen LogP contribution in [0.25, 0.3) is 12.2 Å². The molecule has 2 rings (SSSR count). The maximum Gasteiger partial charge on any atom is 0.202 e. The summed E-state index contributed by atoms with van der Waals surface area (Å²) in [4.78, 5) is 8.24. The average molecular weight is 209 g/mol. The van der Waals surface area contributed by atoms with E-state index in [1.807, 2.05) is 12.2 Å². The first-order valence-electron chi connectivity index (χ1n) is 4.45. The molecule has 0 unspecified atom stereocenters. The van der Waals surface area contributed by atoms with Crippen molar-refractivity contribution >= 4 is 35.2 Å². The molecule has 1 heterocycles. The monoisotopic (exact) mass is 209 g/mol. The maximum absolute atomic E-state index is 8.67. The Labute approximate surface area is 86.4 Å². The molecule has 0 spiro atoms. The molecule has 0 amide bonds. The molecule has 0 aromatic carbocycles. The number of thiocarbonyl (C=S) groups is 1. The molecular formula is C9H11N3OS. The summed E-state index contributed by atoms with van der Waals surface area (Å²) in [5.74, 6) is 0.578. The van der Waals surface area contributed by atoms with Gasteiger partial charge in [-0.2, -0.15) is 0 Å². The molecule has 14 heavy (non-hydrogen) atoms. The van der Waals surface area contributed by atoms with Gasteiger partial charge in [-0.1, -0.05) is 18.3 Å². The third-order valence-corrected chi connectivity index (χ3v) is 2.36. The first kappa shape index (κ1) is 9.36. The second-order valence-corrected chi connectivity index (χ2v) is 3.60. The summed E-state index contributed by atoms with van der Waals surface area (Å²) in [6.07, 6.45) is 5.79. The number of hydrogen-bond donors (Lipinski definition) is 3. The summed E-state index contributed by atoms with van der Waals surface area (Å²) in [5.41, 5.74) is 0. The molecular weight excluding hydrogens is 198 g/mol. The number of anilines is 1. The fourth-order valence-electron chi connectivity index (χ4n) is 1.41. The Balaban J connectivity index is 2.50. The van der Waals surface area contributed by atoms with E-state index < -0.39 is 0 Å². The van der Waals surface area contributed by atoms with Gasteiger partial charge in [-0.25, -0.2) is 4.98 Å². The highest BCUT2D eigenvalue weighted by Crippen LogP contribution is 1.98. The Kier molecular flexibility index (Phi) is 2.60. The number of aromatic nitrogens is 2. The predicted molar refractivity (Wildman–Crippen MR) is 59.3 cm³/mol. The van der Waals surface area contributed by atoms with Crippen molar-refractivity contribution in [3.8, 4) is 0 Å². The van der Waals surface area contributed by atoms with Gasteiger partial charge in [0.1, 0.15) is 6.73 Å². The second kappa shape index (κ2) is 3.89. The Bertz CT molecular complexity index is 463. The smallest absolute Gasteiger partial charge is 0.202 e. The zero-order chi connectivity index (χ0) is 9.97. The van der Waals surface area contributed by atoms with Gasteiger partial charge >= 0.3 is 0 Å². The summed E-state index contributed by atoms with van der Waals surface area (Å²) in [6, 6.07) is 0. The molecule has 1 aliphatic rings. The molecule has 3 N–H and O–H groups in total. The lowest BCUT2D eigenvalue weighted by Crippen LogP contribution is -2.23. The van der Waals surface area contributed by atoms with Crippen LogP contribution in [0.1, 0.15) is 12.8 Å². The van der Waals surface area contributed by atoms with Gasteiger partial charge in [-0.3, -0.25) is 0 Å². The molecule has 74 valence electrons. The standard InChI is InChI=1S/C9H11N3OS/c13-5-10-9-11-7-3-1-2-6(14)4-8(7)12-9/h3-4,13H,1-2,5H2,(H2,10,11,12). The lowest BCUT2D eigenvalue weighted by molar-refractivity contribution is 0.324. The molecule has 1 aromatic heterocycles. The van der Waals surface area contributed by atoms with Crippen molar-refractivity contribution in [1.82, 2.24) is 9.97 Å². The molecule has 0 radical (unpaired) electrons. The Morgan fingerprint density at radius 2 is 2.50 bits per heavy atom. The van der Waals surface area contributed by atoms with Crippen LogP contribution in [0.4, 0.5) is 5.95 Å². The van der Waals surface area contributed by atoms with E-state index in [9.17, 15) is 0 Å². The Hall–Kier alpha value is -1.20. The number of fused-ring (bicyclic) bond motifs is 1. The fourth-order valence-corrected chi connectivity index (χ4v) is 1.64. The highest BCUT2D eigenvalue weighted by Gasteiger charge is 2.02. The van der Waals surface area contributed by atoms with Crippen LogP contribution in [0, 0.1) is 0 Å². The van der Waals surface area contributed by atoms with Crippen molar-refractivity contribution in [2.75, 3.05) is 12.0 Å². The Morgan fingerprint density at radius 1 is 1.64 bits per heavy atom. The van der Waals surface area contributed by atoms with E-state index in [1.54, 1.807) is 0 Å². The van der Waals surface area contributed by atoms with Crippen LogP contribution in [-0.2, 0) is 0 Å². The van der Waals surface area contributed by atoms with E-state index in [0.29, 0.717) is 5.95 Å². The number of nitrogens with zero attached hydrogens (tertiary/aromatic N) is 1. The van der Waals surface area contributed by atoms with Gasteiger partial charge in [-0.15, -0.1) is 0 Å². The Morgan fingerprint density at radius 3 is 3.29 bits per heavy atom. The molecule has 0 atom stereocenters. The van der Waals surface area contributed by atoms with E-state index in [4.69, 9.17) is 17.3 Å². The summed E-state index contributed by atoms with van der Waals surface area (Å²) in [6.45, 7) is -0.128. The van der Waals surface area contributed by atoms with Gasteiger partial charge in [0.05, 0.1) is 10.7 Å². The minimum Gasteiger partial charge on any atom is -0.376 e. The molecule has 0 aliphatic heterocycles. The minimum absolute atomic E-state index is 0.128. The highest BCUT2D eigenvalue weighted by molar-refractivity contribution is 7.81. The van der Waals surface area contributed by atoms with Gasteiger partial charge in [0.25, 0.3) is 0 Å². The molecule has 4 nitrogen and oxygen atoms in total. The van der Waals surface area contributed by atoms with Crippen LogP contribution >= 0.6 is 12.2 Å². The predicted octanol–water partition coefficient (Wildman–Crippen LogP) is -0.504. The second-order valence-electron chi connectivity index (χ2n) is 3.07. The molecule has 5 heteroatoms. The fraction of sp³-hybridized carbons (Fsp3) is 0.333. The van der Waals surface area contributed by atoms with Crippen molar-refractivity contribution in [2.45, 2.75) is 12.8 Å². The number of imidazole rings is 1. The number of hydrogen-bond acceptors (Lipinski definition) is 4. The van der Waals surface area contributed by atoms with E-state index in [-0.39, 0.29) is 6.73 Å². The van der Waals surface area contributed by atoms with Crippen LogP contribution in [0.15, 0.2) is 0 Å². The first-order chi connectivity index (χ1) is 6.79. The summed E-state index contributed by atoms with van der Waals surface area (Å²) >= 11 is 5.15. The van der Waals surface area contributed by atoms with Gasteiger partial charge < -0.3 is 15.4 Å². The van der Waals surface area contributed by atoms with E-state index >= 15 is 0 Å². The molecule has 0 fully saturated rings. The van der Waals surface area contributed by atoms with Crippen LogP contribution in [0.2, 0.25) is 0 Å². The van der Waals surface area contributed by atoms with E-state index in [0.717, 1.165) is 28.4 Å². The zero-order valence-electron chi connectivity index (χ0n) is 7.58. The van der Waals surface area contributed by atoms with Crippen molar-refractivity contribution < 1.29 is 5.11 Å². The number of aliphatic hydroxyl groups excluding tert-OH is 1. The van der Waals surface area contributed by atoms with Gasteiger partial charge in [-0.05, 0) is 18.9 Å². The highest BCUT2D eigenvalue weighted by atomic mass is 32.1. The van der Waals surface area contributed by atoms with Crippen molar-refractivity contribution in [3.63, 3.8) is 0 Å². The van der Waals surface area contributed by atoms with Crippen molar-refractivity contribution in [3.05, 3.63) is 10.7 Å². The average Bonchev–Trinajstić information content (AvgIpc) is 2.41. The third-order valence-electron chi connectivity index (χ3n) is 2.04. The SMILES string of the molecule is OCNc1nc2c([nH]1)=CC(=S)CCC=2. The van der Waals surface area contributed by atoms with E-state index in [2.05, 4.69) is 15.3 Å². The largest absolute Gasteiger partial charge is 0.376 e. The van der Waals surface area contributed by atoms with Gasteiger partial charge in [0, 0.05) is 4.86 Å². The van der Waals surface area contributed by atoms with Crippen LogP contribution < -0.4 is 16.0 Å². The number of aromatic amines is 1. The lowest BCUT2D eigenvalue weighted by Gasteiger charge is -1.93. The third kappa shape index (κ3) is 1.83. The quantitative estimate of drug-likeness (QED) is 0.454. The topological polar surface area (TPSA) is 60.9 Å². The summed E-state index contributed by atoms with van der Waals surface area (Å²) in [5, 5.41) is 13.2. The van der Waals surface area contributed by atoms with Crippen LogP contribution in [-0.4, -0.2) is 26.7 Å². The zero-order valence-corrected chi connectivity index (χ0v) is 8.40. The number of rotatable bonds is 2. The van der Waals surface area contributed by atoms with Gasteiger partial charge in [0.15, 0.2) is 0 Å². The van der Waals surface area contributed by atoms with Crippen LogP contribution in [0.5, 0.6) is 0 Å². The normalized spacial score (nSPS) is 15.1. The molecule has 1 aromatic rings. The molecule has 0 bridgehead atoms. The summed E-state index contributed by atoms with van der Waals surface area (Å²) in [7, 11) is 0. The first-order valence-corrected chi connectivity index (χ1v) is 4.86. The molecule has 1 aliphatic carbocycles. The molecule has 0 saturated carbocycles. The maximum atomic E-state index is 8.67. The van der Waals surface area contributed by atoms with Gasteiger partial charge in [0.2, 0.25) is 5.95 Å². The minimum atomic E-state index is -0.128. The summed E-state index contributed by atoms with van der Waals surface area (Å²) < 4.78 is 0. The van der Waals surface area contributed by atoms with E-state index in [1.165, 1.54) is 0 Å². The van der Waals surface area contributed by atoms with Crippen molar-refractivity contribution in [1.29, 1.82) is 0 Å². The number of H-pyrrole nitrogens is 1. The van der Waals surface area contributed by atoms with Crippen LogP contribution in [0.3, 0.4) is 0 Å².